The third-order valence-electron chi connectivity index (χ3n) is 6.71. The van der Waals surface area contributed by atoms with Gasteiger partial charge >= 0.3 is 0 Å². The molecule has 10 heteroatoms. The monoisotopic (exact) mass is 541 g/mol. The minimum absolute atomic E-state index is 0.113. The first-order valence-electron chi connectivity index (χ1n) is 12.1. The van der Waals surface area contributed by atoms with Crippen LogP contribution in [0.25, 0.3) is 0 Å². The smallest absolute Gasteiger partial charge is 0.244 e. The third-order valence-corrected chi connectivity index (χ3v) is 10.8. The summed E-state index contributed by atoms with van der Waals surface area (Å²) in [5, 5.41) is 9.36. The first-order valence-corrected chi connectivity index (χ1v) is 15.0. The average Bonchev–Trinajstić information content (AvgIpc) is 2.84. The number of allylic oxidation sites excluding steroid dienone is 3. The summed E-state index contributed by atoms with van der Waals surface area (Å²) in [7, 11) is -7.66. The normalized spacial score (nSPS) is 21.0. The number of ether oxygens (including phenoxy) is 1. The molecule has 2 aliphatic rings. The molecular weight excluding hydrogens is 510 g/mol. The van der Waals surface area contributed by atoms with Gasteiger partial charge in [0.25, 0.3) is 0 Å². The Morgan fingerprint density at radius 1 is 1.03 bits per heavy atom. The van der Waals surface area contributed by atoms with Crippen molar-refractivity contribution in [3.63, 3.8) is 0 Å². The fourth-order valence-corrected chi connectivity index (χ4v) is 7.98. The van der Waals surface area contributed by atoms with Crippen molar-refractivity contribution in [3.8, 4) is 17.6 Å². The van der Waals surface area contributed by atoms with E-state index < -0.39 is 30.8 Å². The standard InChI is InChI=1S/C27H31N3O5S2/c1-20-15-21(2)17-24(16-20)35-25-8-7-22(19-28)18-26(25)36(31,32)29-23-9-13-30(14-10-23)37(33,34)27(3)11-5-4-6-12-27/h4-8,11,15-18,23,29H,9-10,12-14H2,1-3H3. The van der Waals surface area contributed by atoms with Crippen LogP contribution in [0.5, 0.6) is 11.5 Å². The topological polar surface area (TPSA) is 117 Å². The number of nitrogens with zero attached hydrogens (tertiary/aromatic N) is 2. The number of nitriles is 1. The van der Waals surface area contributed by atoms with Crippen LogP contribution in [0.1, 0.15) is 42.9 Å². The summed E-state index contributed by atoms with van der Waals surface area (Å²) in [5.74, 6) is 0.610. The maximum absolute atomic E-state index is 13.4. The molecule has 1 N–H and O–H groups in total. The number of rotatable bonds is 7. The van der Waals surface area contributed by atoms with Crippen molar-refractivity contribution in [2.75, 3.05) is 13.1 Å². The lowest BCUT2D eigenvalue weighted by atomic mass is 10.0. The number of hydrogen-bond donors (Lipinski definition) is 1. The SMILES string of the molecule is Cc1cc(C)cc(Oc2ccc(C#N)cc2S(=O)(=O)NC2CCN(S(=O)(=O)C3(C)C=CC=CC3)CC2)c1. The van der Waals surface area contributed by atoms with Crippen LogP contribution in [-0.4, -0.2) is 45.0 Å². The number of benzene rings is 2. The van der Waals surface area contributed by atoms with Crippen molar-refractivity contribution in [1.29, 1.82) is 5.26 Å². The van der Waals surface area contributed by atoms with Gasteiger partial charge in [-0.15, -0.1) is 0 Å². The Morgan fingerprint density at radius 2 is 1.70 bits per heavy atom. The third kappa shape index (κ3) is 5.80. The molecule has 1 atom stereocenters. The van der Waals surface area contributed by atoms with Gasteiger partial charge in [-0.1, -0.05) is 30.4 Å². The highest BCUT2D eigenvalue weighted by Gasteiger charge is 2.42. The molecule has 1 saturated heterocycles. The van der Waals surface area contributed by atoms with E-state index in [1.807, 2.05) is 50.3 Å². The lowest BCUT2D eigenvalue weighted by Gasteiger charge is -2.37. The van der Waals surface area contributed by atoms with Gasteiger partial charge in [0.05, 0.1) is 11.6 Å². The van der Waals surface area contributed by atoms with E-state index in [0.29, 0.717) is 25.0 Å². The highest BCUT2D eigenvalue weighted by atomic mass is 32.2. The highest BCUT2D eigenvalue weighted by Crippen LogP contribution is 2.33. The fraction of sp³-hybridized carbons (Fsp3) is 0.370. The van der Waals surface area contributed by atoms with Crippen molar-refractivity contribution in [2.45, 2.75) is 55.7 Å². The van der Waals surface area contributed by atoms with Gasteiger partial charge in [0.2, 0.25) is 20.0 Å². The molecule has 2 aromatic rings. The highest BCUT2D eigenvalue weighted by molar-refractivity contribution is 7.90. The van der Waals surface area contributed by atoms with E-state index in [0.717, 1.165) is 11.1 Å². The summed E-state index contributed by atoms with van der Waals surface area (Å²) in [6.07, 6.45) is 8.18. The predicted octanol–water partition coefficient (Wildman–Crippen LogP) is 4.31. The Balaban J connectivity index is 1.51. The summed E-state index contributed by atoms with van der Waals surface area (Å²) in [5.41, 5.74) is 2.14. The number of hydrogen-bond acceptors (Lipinski definition) is 6. The zero-order valence-corrected chi connectivity index (χ0v) is 22.8. The molecule has 1 fully saturated rings. The van der Waals surface area contributed by atoms with Gasteiger partial charge in [0.1, 0.15) is 21.1 Å². The first-order chi connectivity index (χ1) is 17.4. The second-order valence-electron chi connectivity index (χ2n) is 9.80. The quantitative estimate of drug-likeness (QED) is 0.558. The van der Waals surface area contributed by atoms with E-state index >= 15 is 0 Å². The molecule has 1 heterocycles. The zero-order valence-electron chi connectivity index (χ0n) is 21.1. The van der Waals surface area contributed by atoms with Gasteiger partial charge in [-0.3, -0.25) is 0 Å². The minimum Gasteiger partial charge on any atom is -0.456 e. The lowest BCUT2D eigenvalue weighted by molar-refractivity contribution is 0.302. The van der Waals surface area contributed by atoms with Crippen LogP contribution in [0.3, 0.4) is 0 Å². The average molecular weight is 542 g/mol. The van der Waals surface area contributed by atoms with E-state index in [2.05, 4.69) is 4.72 Å². The van der Waals surface area contributed by atoms with Crippen LogP contribution in [0.4, 0.5) is 0 Å². The Hall–Kier alpha value is -2.97. The lowest BCUT2D eigenvalue weighted by Crippen LogP contribution is -2.51. The Kier molecular flexibility index (Phi) is 7.62. The largest absolute Gasteiger partial charge is 0.456 e. The molecule has 0 saturated carbocycles. The van der Waals surface area contributed by atoms with Crippen molar-refractivity contribution in [2.24, 2.45) is 0 Å². The van der Waals surface area contributed by atoms with Crippen molar-refractivity contribution >= 4 is 20.0 Å². The fourth-order valence-electron chi connectivity index (χ4n) is 4.68. The van der Waals surface area contributed by atoms with Crippen LogP contribution < -0.4 is 9.46 Å². The van der Waals surface area contributed by atoms with Crippen LogP contribution in [0, 0.1) is 25.2 Å². The molecular formula is C27H31N3O5S2. The van der Waals surface area contributed by atoms with E-state index in [1.165, 1.54) is 22.5 Å². The molecule has 1 aliphatic carbocycles. The number of aryl methyl sites for hydroxylation is 2. The van der Waals surface area contributed by atoms with Crippen molar-refractivity contribution in [3.05, 3.63) is 77.4 Å². The van der Waals surface area contributed by atoms with Crippen LogP contribution >= 0.6 is 0 Å². The maximum Gasteiger partial charge on any atom is 0.244 e. The molecule has 1 unspecified atom stereocenters. The Labute approximate surface area is 219 Å². The summed E-state index contributed by atoms with van der Waals surface area (Å²) in [4.78, 5) is -0.132. The molecule has 1 aliphatic heterocycles. The summed E-state index contributed by atoms with van der Waals surface area (Å²) < 4.78 is 62.5. The van der Waals surface area contributed by atoms with Crippen LogP contribution in [0.2, 0.25) is 0 Å². The molecule has 37 heavy (non-hydrogen) atoms. The molecule has 2 aromatic carbocycles. The van der Waals surface area contributed by atoms with Gasteiger partial charge in [-0.25, -0.2) is 25.9 Å². The second kappa shape index (κ2) is 10.4. The minimum atomic E-state index is -4.06. The van der Waals surface area contributed by atoms with Crippen LogP contribution in [0.15, 0.2) is 65.6 Å². The maximum atomic E-state index is 13.4. The van der Waals surface area contributed by atoms with E-state index in [4.69, 9.17) is 4.74 Å². The Bertz CT molecular complexity index is 1480. The Morgan fingerprint density at radius 3 is 2.30 bits per heavy atom. The van der Waals surface area contributed by atoms with Gasteiger partial charge in [0.15, 0.2) is 0 Å². The van der Waals surface area contributed by atoms with Crippen LogP contribution in [-0.2, 0) is 20.0 Å². The summed E-state index contributed by atoms with van der Waals surface area (Å²) in [6.45, 7) is 5.98. The van der Waals surface area contributed by atoms with E-state index in [-0.39, 0.29) is 29.3 Å². The van der Waals surface area contributed by atoms with Gasteiger partial charge < -0.3 is 4.74 Å². The molecule has 196 valence electrons. The van der Waals surface area contributed by atoms with E-state index in [9.17, 15) is 22.1 Å². The molecule has 0 spiro atoms. The molecule has 0 bridgehead atoms. The van der Waals surface area contributed by atoms with Gasteiger partial charge in [-0.05, 0) is 81.5 Å². The molecule has 8 nitrogen and oxygen atoms in total. The summed E-state index contributed by atoms with van der Waals surface area (Å²) >= 11 is 0. The van der Waals surface area contributed by atoms with Crippen molar-refractivity contribution in [1.82, 2.24) is 9.03 Å². The zero-order chi connectivity index (χ0) is 26.8. The van der Waals surface area contributed by atoms with E-state index in [1.54, 1.807) is 19.1 Å². The molecule has 0 radical (unpaired) electrons. The second-order valence-corrected chi connectivity index (χ2v) is 13.9. The molecule has 0 aromatic heterocycles. The summed E-state index contributed by atoms with van der Waals surface area (Å²) in [6, 6.07) is 11.4. The molecule has 4 rings (SSSR count). The van der Waals surface area contributed by atoms with Gasteiger partial charge in [0, 0.05) is 19.1 Å². The number of sulfonamides is 2. The number of piperidine rings is 1. The van der Waals surface area contributed by atoms with Gasteiger partial charge in [-0.2, -0.15) is 5.26 Å². The van der Waals surface area contributed by atoms with Crippen molar-refractivity contribution < 1.29 is 21.6 Å². The first kappa shape index (κ1) is 27.1. The molecule has 0 amide bonds. The predicted molar refractivity (Wildman–Crippen MR) is 142 cm³/mol. The number of nitrogens with one attached hydrogen (secondary N) is 1.